The summed E-state index contributed by atoms with van der Waals surface area (Å²) in [6.07, 6.45) is 5.33. The molecule has 2 aromatic heterocycles. The van der Waals surface area contributed by atoms with Crippen LogP contribution in [0.2, 0.25) is 5.02 Å². The van der Waals surface area contributed by atoms with Gasteiger partial charge < -0.3 is 4.90 Å². The Bertz CT molecular complexity index is 949. The van der Waals surface area contributed by atoms with Gasteiger partial charge in [-0.05, 0) is 29.8 Å². The summed E-state index contributed by atoms with van der Waals surface area (Å²) in [5.41, 5.74) is 1.32. The highest BCUT2D eigenvalue weighted by atomic mass is 35.5. The molecule has 1 aliphatic heterocycles. The zero-order valence-electron chi connectivity index (χ0n) is 15.2. The van der Waals surface area contributed by atoms with Gasteiger partial charge in [0.25, 0.3) is 5.91 Å². The lowest BCUT2D eigenvalue weighted by atomic mass is 10.2. The van der Waals surface area contributed by atoms with Gasteiger partial charge in [0.1, 0.15) is 18.2 Å². The molecule has 0 N–H and O–H groups in total. The van der Waals surface area contributed by atoms with Crippen LogP contribution in [0.5, 0.6) is 0 Å². The zero-order valence-corrected chi connectivity index (χ0v) is 16.0. The average Bonchev–Trinajstić information content (AvgIpc) is 3.37. The van der Waals surface area contributed by atoms with Crippen LogP contribution in [0.3, 0.4) is 0 Å². The molecule has 0 saturated carbocycles. The number of hydrogen-bond acceptors (Lipinski definition) is 4. The molecule has 1 aliphatic rings. The average molecular weight is 403 g/mol. The monoisotopic (exact) mass is 402 g/mol. The first-order valence-electron chi connectivity index (χ1n) is 9.05. The van der Waals surface area contributed by atoms with E-state index in [2.05, 4.69) is 15.1 Å². The van der Waals surface area contributed by atoms with E-state index >= 15 is 0 Å². The van der Waals surface area contributed by atoms with E-state index in [-0.39, 0.29) is 11.7 Å². The fourth-order valence-electron chi connectivity index (χ4n) is 3.25. The number of amides is 1. The van der Waals surface area contributed by atoms with E-state index in [1.54, 1.807) is 33.9 Å². The number of hydrogen-bond donors (Lipinski definition) is 0. The van der Waals surface area contributed by atoms with Crippen LogP contribution in [0.1, 0.15) is 16.1 Å². The summed E-state index contributed by atoms with van der Waals surface area (Å²) in [6.45, 7) is 3.79. The molecule has 7 nitrogen and oxygen atoms in total. The van der Waals surface area contributed by atoms with Crippen molar-refractivity contribution in [1.29, 1.82) is 0 Å². The molecular formula is C19H20ClFN6O. The van der Waals surface area contributed by atoms with Crippen molar-refractivity contribution >= 4 is 17.5 Å². The first-order chi connectivity index (χ1) is 13.6. The normalized spacial score (nSPS) is 15.1. The second kappa shape index (κ2) is 8.12. The van der Waals surface area contributed by atoms with E-state index in [0.717, 1.165) is 18.7 Å². The molecule has 3 aromatic rings. The van der Waals surface area contributed by atoms with Crippen molar-refractivity contribution in [1.82, 2.24) is 29.4 Å². The molecule has 1 saturated heterocycles. The smallest absolute Gasteiger partial charge is 0.274 e. The Morgan fingerprint density at radius 1 is 1.11 bits per heavy atom. The van der Waals surface area contributed by atoms with Gasteiger partial charge in [0.2, 0.25) is 0 Å². The van der Waals surface area contributed by atoms with Crippen molar-refractivity contribution in [3.63, 3.8) is 0 Å². The number of piperazine rings is 1. The molecule has 9 heteroatoms. The minimum Gasteiger partial charge on any atom is -0.335 e. The predicted molar refractivity (Wildman–Crippen MR) is 102 cm³/mol. The van der Waals surface area contributed by atoms with Gasteiger partial charge in [0.15, 0.2) is 0 Å². The van der Waals surface area contributed by atoms with Gasteiger partial charge >= 0.3 is 0 Å². The van der Waals surface area contributed by atoms with Crippen LogP contribution >= 0.6 is 11.6 Å². The van der Waals surface area contributed by atoms with Crippen LogP contribution < -0.4 is 0 Å². The van der Waals surface area contributed by atoms with Crippen LogP contribution in [-0.4, -0.2) is 61.4 Å². The number of halogens is 2. The summed E-state index contributed by atoms with van der Waals surface area (Å²) in [4.78, 5) is 16.7. The second-order valence-corrected chi connectivity index (χ2v) is 7.14. The molecule has 0 bridgehead atoms. The maximum absolute atomic E-state index is 13.2. The molecule has 0 spiro atoms. The van der Waals surface area contributed by atoms with Crippen molar-refractivity contribution in [2.75, 3.05) is 26.2 Å². The van der Waals surface area contributed by atoms with Crippen molar-refractivity contribution in [2.45, 2.75) is 13.2 Å². The molecule has 0 unspecified atom stereocenters. The summed E-state index contributed by atoms with van der Waals surface area (Å²) in [6, 6.07) is 8.03. The van der Waals surface area contributed by atoms with E-state index in [9.17, 15) is 9.18 Å². The Balaban J connectivity index is 1.32. The van der Waals surface area contributed by atoms with Gasteiger partial charge in [-0.25, -0.2) is 4.39 Å². The third kappa shape index (κ3) is 4.23. The summed E-state index contributed by atoms with van der Waals surface area (Å²) in [5, 5.41) is 8.93. The maximum Gasteiger partial charge on any atom is 0.274 e. The number of rotatable bonds is 5. The van der Waals surface area contributed by atoms with Crippen molar-refractivity contribution in [3.8, 4) is 0 Å². The molecule has 3 heterocycles. The van der Waals surface area contributed by atoms with Gasteiger partial charge in [-0.3, -0.25) is 19.1 Å². The van der Waals surface area contributed by atoms with Gasteiger partial charge in [0, 0.05) is 56.3 Å². The number of carbonyl (C=O) groups excluding carboxylic acids is 1. The first-order valence-corrected chi connectivity index (χ1v) is 9.43. The molecule has 0 aliphatic carbocycles. The minimum atomic E-state index is -0.337. The second-order valence-electron chi connectivity index (χ2n) is 6.73. The molecule has 0 radical (unpaired) electrons. The Kier molecular flexibility index (Phi) is 5.40. The zero-order chi connectivity index (χ0) is 19.5. The first kappa shape index (κ1) is 18.6. The largest absolute Gasteiger partial charge is 0.335 e. The molecule has 4 rings (SSSR count). The lowest BCUT2D eigenvalue weighted by Crippen LogP contribution is -2.48. The van der Waals surface area contributed by atoms with Crippen LogP contribution in [0.15, 0.2) is 48.9 Å². The lowest BCUT2D eigenvalue weighted by Gasteiger charge is -2.34. The van der Waals surface area contributed by atoms with E-state index < -0.39 is 0 Å². The fourth-order valence-corrected chi connectivity index (χ4v) is 3.48. The van der Waals surface area contributed by atoms with Crippen LogP contribution in [0.25, 0.3) is 0 Å². The lowest BCUT2D eigenvalue weighted by molar-refractivity contribution is 0.0621. The van der Waals surface area contributed by atoms with Crippen molar-refractivity contribution in [3.05, 3.63) is 71.0 Å². The summed E-state index contributed by atoms with van der Waals surface area (Å²) >= 11 is 6.11. The predicted octanol–water partition coefficient (Wildman–Crippen LogP) is 2.34. The van der Waals surface area contributed by atoms with E-state index in [4.69, 9.17) is 11.6 Å². The summed E-state index contributed by atoms with van der Waals surface area (Å²) in [5.74, 6) is -0.408. The SMILES string of the molecule is O=C(c1ccn(Cn2cccn2)n1)N1CCN(Cc2ccc(F)cc2Cl)CC1. The molecule has 0 atom stereocenters. The summed E-state index contributed by atoms with van der Waals surface area (Å²) in [7, 11) is 0. The van der Waals surface area contributed by atoms with E-state index in [1.807, 2.05) is 17.2 Å². The van der Waals surface area contributed by atoms with Gasteiger partial charge in [0.05, 0.1) is 0 Å². The van der Waals surface area contributed by atoms with Crippen molar-refractivity contribution in [2.24, 2.45) is 0 Å². The van der Waals surface area contributed by atoms with E-state index in [0.29, 0.717) is 37.0 Å². The Morgan fingerprint density at radius 2 is 1.93 bits per heavy atom. The third-order valence-electron chi connectivity index (χ3n) is 4.78. The van der Waals surface area contributed by atoms with Gasteiger partial charge in [-0.15, -0.1) is 0 Å². The Morgan fingerprint density at radius 3 is 2.64 bits per heavy atom. The van der Waals surface area contributed by atoms with Gasteiger partial charge in [-0.1, -0.05) is 17.7 Å². The third-order valence-corrected chi connectivity index (χ3v) is 5.13. The van der Waals surface area contributed by atoms with Gasteiger partial charge in [-0.2, -0.15) is 10.2 Å². The number of aromatic nitrogens is 4. The van der Waals surface area contributed by atoms with Crippen LogP contribution in [0, 0.1) is 5.82 Å². The van der Waals surface area contributed by atoms with Crippen LogP contribution in [0.4, 0.5) is 4.39 Å². The Hall–Kier alpha value is -2.71. The highest BCUT2D eigenvalue weighted by Crippen LogP contribution is 2.20. The molecule has 1 amide bonds. The number of nitrogens with zero attached hydrogens (tertiary/aromatic N) is 6. The molecule has 1 aromatic carbocycles. The quantitative estimate of drug-likeness (QED) is 0.657. The highest BCUT2D eigenvalue weighted by Gasteiger charge is 2.24. The van der Waals surface area contributed by atoms with E-state index in [1.165, 1.54) is 12.1 Å². The molecular weight excluding hydrogens is 383 g/mol. The Labute approximate surface area is 166 Å². The molecule has 146 valence electrons. The maximum atomic E-state index is 13.2. The summed E-state index contributed by atoms with van der Waals surface area (Å²) < 4.78 is 16.6. The number of benzene rings is 1. The minimum absolute atomic E-state index is 0.0707. The van der Waals surface area contributed by atoms with Crippen LogP contribution in [-0.2, 0) is 13.2 Å². The number of carbonyl (C=O) groups is 1. The van der Waals surface area contributed by atoms with Crippen molar-refractivity contribution < 1.29 is 9.18 Å². The molecule has 28 heavy (non-hydrogen) atoms. The topological polar surface area (TPSA) is 59.2 Å². The molecule has 1 fully saturated rings. The fraction of sp³-hybridized carbons (Fsp3) is 0.316. The standard InChI is InChI=1S/C19H20ClFN6O/c20-17-12-16(21)3-2-15(17)13-24-8-10-25(11-9-24)19(28)18-4-7-27(23-18)14-26-6-1-5-22-26/h1-7,12H,8-11,13-14H2. The highest BCUT2D eigenvalue weighted by molar-refractivity contribution is 6.31.